The van der Waals surface area contributed by atoms with Crippen LogP contribution in [0.3, 0.4) is 0 Å². The molecule has 0 fully saturated rings. The van der Waals surface area contributed by atoms with Crippen LogP contribution in [0.2, 0.25) is 0 Å². The molecule has 1 rings (SSSR count). The number of rotatable bonds is 7. The van der Waals surface area contributed by atoms with E-state index in [1.807, 2.05) is 18.2 Å². The maximum Gasteiger partial charge on any atom is 0.218 e. The Morgan fingerprint density at radius 2 is 2.06 bits per heavy atom. The van der Waals surface area contributed by atoms with Gasteiger partial charge in [0.25, 0.3) is 0 Å². The molecule has 1 aromatic carbocycles. The quantitative estimate of drug-likeness (QED) is 0.731. The first-order chi connectivity index (χ1) is 7.72. The van der Waals surface area contributed by atoms with E-state index in [-0.39, 0.29) is 11.9 Å². The molecule has 3 nitrogen and oxygen atoms in total. The molecule has 0 aliphatic heterocycles. The summed E-state index contributed by atoms with van der Waals surface area (Å²) in [5, 5.41) is 3.35. The van der Waals surface area contributed by atoms with Crippen LogP contribution in [0.4, 0.5) is 0 Å². The average Bonchev–Trinajstić information content (AvgIpc) is 2.26. The lowest BCUT2D eigenvalue weighted by Gasteiger charge is -2.16. The summed E-state index contributed by atoms with van der Waals surface area (Å²) in [5.74, 6) is -0.246. The number of benzene rings is 1. The minimum absolute atomic E-state index is 0.153. The van der Waals surface area contributed by atoms with Gasteiger partial charge in [-0.05, 0) is 24.9 Å². The summed E-state index contributed by atoms with van der Waals surface area (Å²) in [6.45, 7) is 3.03. The summed E-state index contributed by atoms with van der Waals surface area (Å²) >= 11 is 0. The zero-order valence-electron chi connectivity index (χ0n) is 9.78. The van der Waals surface area contributed by atoms with E-state index in [0.717, 1.165) is 19.4 Å². The van der Waals surface area contributed by atoms with Crippen molar-refractivity contribution in [3.05, 3.63) is 35.9 Å². The SMILES string of the molecule is CCCNC(CC(N)=O)Cc1ccccc1. The second-order valence-electron chi connectivity index (χ2n) is 4.01. The van der Waals surface area contributed by atoms with E-state index in [4.69, 9.17) is 5.73 Å². The van der Waals surface area contributed by atoms with Gasteiger partial charge in [-0.1, -0.05) is 37.3 Å². The summed E-state index contributed by atoms with van der Waals surface area (Å²) in [6.07, 6.45) is 2.31. The van der Waals surface area contributed by atoms with Crippen molar-refractivity contribution in [1.29, 1.82) is 0 Å². The minimum atomic E-state index is -0.246. The minimum Gasteiger partial charge on any atom is -0.370 e. The first kappa shape index (κ1) is 12.7. The van der Waals surface area contributed by atoms with Crippen LogP contribution < -0.4 is 11.1 Å². The second-order valence-corrected chi connectivity index (χ2v) is 4.01. The lowest BCUT2D eigenvalue weighted by Crippen LogP contribution is -2.35. The Hall–Kier alpha value is -1.35. The van der Waals surface area contributed by atoms with Crippen LogP contribution in [-0.4, -0.2) is 18.5 Å². The number of hydrogen-bond acceptors (Lipinski definition) is 2. The Bertz CT molecular complexity index is 311. The first-order valence-corrected chi connectivity index (χ1v) is 5.78. The van der Waals surface area contributed by atoms with Crippen LogP contribution in [0.1, 0.15) is 25.3 Å². The number of amides is 1. The number of hydrogen-bond donors (Lipinski definition) is 2. The second kappa shape index (κ2) is 7.01. The predicted octanol–water partition coefficient (Wildman–Crippen LogP) is 1.47. The highest BCUT2D eigenvalue weighted by Crippen LogP contribution is 2.05. The predicted molar refractivity (Wildman–Crippen MR) is 66.0 cm³/mol. The topological polar surface area (TPSA) is 55.1 Å². The monoisotopic (exact) mass is 220 g/mol. The van der Waals surface area contributed by atoms with Crippen molar-refractivity contribution in [3.63, 3.8) is 0 Å². The Morgan fingerprint density at radius 3 is 2.62 bits per heavy atom. The van der Waals surface area contributed by atoms with E-state index < -0.39 is 0 Å². The van der Waals surface area contributed by atoms with Crippen molar-refractivity contribution in [2.45, 2.75) is 32.2 Å². The van der Waals surface area contributed by atoms with E-state index >= 15 is 0 Å². The van der Waals surface area contributed by atoms with Gasteiger partial charge in [0.2, 0.25) is 5.91 Å². The first-order valence-electron chi connectivity index (χ1n) is 5.78. The molecule has 1 atom stereocenters. The van der Waals surface area contributed by atoms with Crippen molar-refractivity contribution in [3.8, 4) is 0 Å². The van der Waals surface area contributed by atoms with Crippen molar-refractivity contribution >= 4 is 5.91 Å². The Kier molecular flexibility index (Phi) is 5.57. The van der Waals surface area contributed by atoms with Crippen molar-refractivity contribution < 1.29 is 4.79 Å². The summed E-state index contributed by atoms with van der Waals surface area (Å²) in [5.41, 5.74) is 6.47. The summed E-state index contributed by atoms with van der Waals surface area (Å²) < 4.78 is 0. The van der Waals surface area contributed by atoms with Gasteiger partial charge in [0.05, 0.1) is 0 Å². The summed E-state index contributed by atoms with van der Waals surface area (Å²) in [7, 11) is 0. The molecule has 0 saturated carbocycles. The van der Waals surface area contributed by atoms with Crippen molar-refractivity contribution in [2.24, 2.45) is 5.73 Å². The fourth-order valence-corrected chi connectivity index (χ4v) is 1.71. The lowest BCUT2D eigenvalue weighted by molar-refractivity contribution is -0.118. The molecule has 1 amide bonds. The molecule has 0 radical (unpaired) electrons. The fourth-order valence-electron chi connectivity index (χ4n) is 1.71. The number of primary amides is 1. The van der Waals surface area contributed by atoms with Gasteiger partial charge in [0.1, 0.15) is 0 Å². The van der Waals surface area contributed by atoms with Gasteiger partial charge >= 0.3 is 0 Å². The highest BCUT2D eigenvalue weighted by Gasteiger charge is 2.11. The molecule has 0 spiro atoms. The molecule has 88 valence electrons. The number of nitrogens with two attached hydrogens (primary N) is 1. The van der Waals surface area contributed by atoms with Gasteiger partial charge < -0.3 is 11.1 Å². The normalized spacial score (nSPS) is 12.3. The fraction of sp³-hybridized carbons (Fsp3) is 0.462. The van der Waals surface area contributed by atoms with Gasteiger partial charge in [-0.2, -0.15) is 0 Å². The van der Waals surface area contributed by atoms with Gasteiger partial charge in [-0.15, -0.1) is 0 Å². The molecule has 0 heterocycles. The van der Waals surface area contributed by atoms with E-state index in [1.165, 1.54) is 5.56 Å². The zero-order chi connectivity index (χ0) is 11.8. The van der Waals surface area contributed by atoms with Gasteiger partial charge in [-0.25, -0.2) is 0 Å². The van der Waals surface area contributed by atoms with Crippen molar-refractivity contribution in [2.75, 3.05) is 6.54 Å². The van der Waals surface area contributed by atoms with Gasteiger partial charge in [-0.3, -0.25) is 4.79 Å². The van der Waals surface area contributed by atoms with Gasteiger partial charge in [0.15, 0.2) is 0 Å². The largest absolute Gasteiger partial charge is 0.370 e. The molecule has 16 heavy (non-hydrogen) atoms. The van der Waals surface area contributed by atoms with Crippen LogP contribution in [0.15, 0.2) is 30.3 Å². The maximum atomic E-state index is 10.9. The average molecular weight is 220 g/mol. The Morgan fingerprint density at radius 1 is 1.38 bits per heavy atom. The van der Waals surface area contributed by atoms with Crippen molar-refractivity contribution in [1.82, 2.24) is 5.32 Å². The molecule has 1 aromatic rings. The number of nitrogens with one attached hydrogen (secondary N) is 1. The highest BCUT2D eigenvalue weighted by molar-refractivity contribution is 5.74. The van der Waals surface area contributed by atoms with Crippen LogP contribution >= 0.6 is 0 Å². The lowest BCUT2D eigenvalue weighted by atomic mass is 10.0. The molecular formula is C13H20N2O. The smallest absolute Gasteiger partial charge is 0.218 e. The summed E-state index contributed by atoms with van der Waals surface area (Å²) in [4.78, 5) is 10.9. The Balaban J connectivity index is 2.52. The highest BCUT2D eigenvalue weighted by atomic mass is 16.1. The molecule has 0 saturated heterocycles. The molecule has 1 unspecified atom stereocenters. The van der Waals surface area contributed by atoms with E-state index in [0.29, 0.717) is 6.42 Å². The molecule has 0 bridgehead atoms. The number of carbonyl (C=O) groups is 1. The van der Waals surface area contributed by atoms with Crippen LogP contribution in [0.5, 0.6) is 0 Å². The molecule has 3 heteroatoms. The van der Waals surface area contributed by atoms with E-state index in [2.05, 4.69) is 24.4 Å². The Labute approximate surface area is 97.0 Å². The number of carbonyl (C=O) groups excluding carboxylic acids is 1. The van der Waals surface area contributed by atoms with E-state index in [1.54, 1.807) is 0 Å². The molecule has 0 aliphatic carbocycles. The van der Waals surface area contributed by atoms with E-state index in [9.17, 15) is 4.79 Å². The maximum absolute atomic E-state index is 10.9. The van der Waals surface area contributed by atoms with Crippen LogP contribution in [0, 0.1) is 0 Å². The third-order valence-corrected chi connectivity index (χ3v) is 2.46. The van der Waals surface area contributed by atoms with Gasteiger partial charge in [0, 0.05) is 12.5 Å². The molecular weight excluding hydrogens is 200 g/mol. The zero-order valence-corrected chi connectivity index (χ0v) is 9.78. The third kappa shape index (κ3) is 4.94. The molecule has 0 aromatic heterocycles. The molecule has 3 N–H and O–H groups in total. The standard InChI is InChI=1S/C13H20N2O/c1-2-8-15-12(10-13(14)16)9-11-6-4-3-5-7-11/h3-7,12,15H,2,8-10H2,1H3,(H2,14,16). The summed E-state index contributed by atoms with van der Waals surface area (Å²) in [6, 6.07) is 10.3. The molecule has 0 aliphatic rings. The van der Waals surface area contributed by atoms with Crippen LogP contribution in [-0.2, 0) is 11.2 Å². The van der Waals surface area contributed by atoms with Crippen LogP contribution in [0.25, 0.3) is 0 Å². The third-order valence-electron chi connectivity index (χ3n) is 2.46.